The Balaban J connectivity index is 1.82. The van der Waals surface area contributed by atoms with Gasteiger partial charge in [-0.15, -0.1) is 0 Å². The van der Waals surface area contributed by atoms with Crippen LogP contribution in [0.15, 0.2) is 48.6 Å². The zero-order chi connectivity index (χ0) is 25.1. The van der Waals surface area contributed by atoms with E-state index in [0.717, 1.165) is 0 Å². The zero-order valence-corrected chi connectivity index (χ0v) is 25.8. The maximum atomic E-state index is 2.62. The van der Waals surface area contributed by atoms with Gasteiger partial charge in [0.2, 0.25) is 0 Å². The molecule has 0 saturated heterocycles. The maximum absolute atomic E-state index is 2.62. The molecule has 0 radical (unpaired) electrons. The van der Waals surface area contributed by atoms with Crippen molar-refractivity contribution >= 4 is 3.21 Å². The fraction of sp³-hybridized carbons (Fsp3) is 0.500. The van der Waals surface area contributed by atoms with Gasteiger partial charge in [-0.05, 0) is 0 Å². The first kappa shape index (κ1) is 25.3. The summed E-state index contributed by atoms with van der Waals surface area (Å²) in [5, 5.41) is 0. The molecule has 35 heavy (non-hydrogen) atoms. The van der Waals surface area contributed by atoms with Crippen LogP contribution in [-0.4, -0.2) is 3.21 Å². The third kappa shape index (κ3) is 4.61. The summed E-state index contributed by atoms with van der Waals surface area (Å²) in [7, 11) is 0. The Morgan fingerprint density at radius 3 is 1.54 bits per heavy atom. The molecule has 3 aliphatic rings. The summed E-state index contributed by atoms with van der Waals surface area (Å²) in [4.78, 5) is 0. The van der Waals surface area contributed by atoms with Gasteiger partial charge in [0.1, 0.15) is 0 Å². The van der Waals surface area contributed by atoms with Gasteiger partial charge in [0.15, 0.2) is 0 Å². The number of aryl methyl sites for hydroxylation is 2. The summed E-state index contributed by atoms with van der Waals surface area (Å²) >= 11 is -2.08. The molecule has 0 aliphatic heterocycles. The van der Waals surface area contributed by atoms with E-state index < -0.39 is 21.3 Å². The van der Waals surface area contributed by atoms with Crippen molar-refractivity contribution in [3.8, 4) is 11.1 Å². The second-order valence-corrected chi connectivity index (χ2v) is 20.4. The summed E-state index contributed by atoms with van der Waals surface area (Å²) < 4.78 is 3.37. The molecule has 0 bridgehead atoms. The molecule has 0 amide bonds. The third-order valence-corrected chi connectivity index (χ3v) is 17.6. The second-order valence-electron chi connectivity index (χ2n) is 13.4. The van der Waals surface area contributed by atoms with E-state index in [-0.39, 0.29) is 10.8 Å². The van der Waals surface area contributed by atoms with Gasteiger partial charge < -0.3 is 0 Å². The minimum absolute atomic E-state index is 0.158. The van der Waals surface area contributed by atoms with Crippen molar-refractivity contribution in [1.82, 2.24) is 0 Å². The number of rotatable bonds is 2. The standard InChI is InChI=1S/C23H29.C6H10.C5H5.Zr/c1-14-9-16-11-17-10-15(2)21(23(6,7)8)13-19(17)18(16)12-20(14)22(3,4)5;1-2-4-6-5-3-1;1-2-4-5-3-1;/h9-13H,1-8H3;1-5H2;1-5H;. The van der Waals surface area contributed by atoms with Crippen LogP contribution in [0.5, 0.6) is 0 Å². The average Bonchev–Trinajstić information content (AvgIpc) is 3.39. The quantitative estimate of drug-likeness (QED) is 0.354. The first-order valence-electron chi connectivity index (χ1n) is 13.8. The van der Waals surface area contributed by atoms with Crippen LogP contribution in [0.4, 0.5) is 0 Å². The number of allylic oxidation sites excluding steroid dienone is 4. The molecule has 184 valence electrons. The molecule has 1 heteroatoms. The van der Waals surface area contributed by atoms with E-state index in [9.17, 15) is 0 Å². The number of fused-ring (bicyclic) bond motifs is 3. The van der Waals surface area contributed by atoms with Crippen molar-refractivity contribution in [1.29, 1.82) is 0 Å². The van der Waals surface area contributed by atoms with E-state index in [1.165, 1.54) is 54.4 Å². The molecular formula is C34H44Zr. The van der Waals surface area contributed by atoms with E-state index >= 15 is 0 Å². The molecule has 2 aromatic carbocycles. The van der Waals surface area contributed by atoms with Gasteiger partial charge >= 0.3 is 223 Å². The predicted octanol–water partition coefficient (Wildman–Crippen LogP) is 9.64. The zero-order valence-electron chi connectivity index (χ0n) is 23.3. The number of hydrogen-bond acceptors (Lipinski definition) is 0. The first-order valence-corrected chi connectivity index (χ1v) is 17.9. The van der Waals surface area contributed by atoms with Crippen LogP contribution in [0.2, 0.25) is 3.63 Å². The number of benzene rings is 2. The molecule has 5 rings (SSSR count). The Morgan fingerprint density at radius 1 is 0.657 bits per heavy atom. The molecule has 0 heterocycles. The van der Waals surface area contributed by atoms with Crippen molar-refractivity contribution in [3.63, 3.8) is 0 Å². The molecule has 0 nitrogen and oxygen atoms in total. The molecule has 2 aromatic rings. The summed E-state index contributed by atoms with van der Waals surface area (Å²) in [6, 6.07) is 10.4. The normalized spacial score (nSPS) is 18.3. The first-order chi connectivity index (χ1) is 16.5. The Bertz CT molecular complexity index is 1160. The molecule has 0 atom stereocenters. The van der Waals surface area contributed by atoms with Gasteiger partial charge in [0.05, 0.1) is 0 Å². The fourth-order valence-electron chi connectivity index (χ4n) is 7.06. The van der Waals surface area contributed by atoms with Crippen molar-refractivity contribution in [3.05, 3.63) is 82.0 Å². The van der Waals surface area contributed by atoms with Crippen LogP contribution in [0, 0.1) is 13.8 Å². The van der Waals surface area contributed by atoms with E-state index in [4.69, 9.17) is 0 Å². The molecule has 0 aromatic heterocycles. The Labute approximate surface area is 222 Å². The van der Waals surface area contributed by atoms with E-state index in [0.29, 0.717) is 7.25 Å². The summed E-state index contributed by atoms with van der Waals surface area (Å²) in [6.45, 7) is 19.0. The SMILES string of the molecule is Cc1cc2c(cc1C(C)(C)C)-c1cc(C(C)(C)C)c(C)cc1[CH]2[Zr](=[C]1CCCCC1)[CH]1C=CC=C1. The minimum atomic E-state index is -2.08. The molecule has 0 unspecified atom stereocenters. The van der Waals surface area contributed by atoms with Gasteiger partial charge in [-0.1, -0.05) is 0 Å². The van der Waals surface area contributed by atoms with E-state index in [2.05, 4.69) is 104 Å². The average molecular weight is 544 g/mol. The monoisotopic (exact) mass is 542 g/mol. The molecule has 3 aliphatic carbocycles. The van der Waals surface area contributed by atoms with Crippen molar-refractivity contribution < 1.29 is 21.3 Å². The van der Waals surface area contributed by atoms with Gasteiger partial charge in [-0.2, -0.15) is 0 Å². The second kappa shape index (κ2) is 9.20. The van der Waals surface area contributed by atoms with Crippen LogP contribution in [0.25, 0.3) is 11.1 Å². The predicted molar refractivity (Wildman–Crippen MR) is 151 cm³/mol. The molecule has 1 fully saturated rings. The van der Waals surface area contributed by atoms with Crippen molar-refractivity contribution in [2.75, 3.05) is 0 Å². The molecule has 1 saturated carbocycles. The van der Waals surface area contributed by atoms with Gasteiger partial charge in [-0.3, -0.25) is 0 Å². The van der Waals surface area contributed by atoms with Crippen molar-refractivity contribution in [2.45, 2.75) is 106 Å². The number of hydrogen-bond donors (Lipinski definition) is 0. The Kier molecular flexibility index (Phi) is 6.66. The van der Waals surface area contributed by atoms with Crippen LogP contribution in [0.3, 0.4) is 0 Å². The van der Waals surface area contributed by atoms with E-state index in [1.807, 2.05) is 3.21 Å². The van der Waals surface area contributed by atoms with Crippen LogP contribution < -0.4 is 0 Å². The fourth-order valence-corrected chi connectivity index (χ4v) is 16.8. The Morgan fingerprint density at radius 2 is 1.11 bits per heavy atom. The van der Waals surface area contributed by atoms with Crippen molar-refractivity contribution in [2.24, 2.45) is 0 Å². The van der Waals surface area contributed by atoms with E-state index in [1.54, 1.807) is 22.3 Å². The molecule has 0 N–H and O–H groups in total. The van der Waals surface area contributed by atoms with Crippen LogP contribution in [-0.2, 0) is 32.1 Å². The van der Waals surface area contributed by atoms with Crippen LogP contribution in [0.1, 0.15) is 111 Å². The summed E-state index contributed by atoms with van der Waals surface area (Å²) in [5.74, 6) is 0. The van der Waals surface area contributed by atoms with Gasteiger partial charge in [0, 0.05) is 0 Å². The summed E-state index contributed by atoms with van der Waals surface area (Å²) in [5.41, 5.74) is 12.7. The Hall–Kier alpha value is -1.33. The molecule has 0 spiro atoms. The third-order valence-electron chi connectivity index (χ3n) is 8.60. The summed E-state index contributed by atoms with van der Waals surface area (Å²) in [6.07, 6.45) is 16.8. The topological polar surface area (TPSA) is 0 Å². The van der Waals surface area contributed by atoms with Gasteiger partial charge in [-0.25, -0.2) is 0 Å². The van der Waals surface area contributed by atoms with Crippen LogP contribution >= 0.6 is 0 Å². The molecular weight excluding hydrogens is 500 g/mol. The van der Waals surface area contributed by atoms with Gasteiger partial charge in [0.25, 0.3) is 0 Å².